The van der Waals surface area contributed by atoms with Gasteiger partial charge in [-0.3, -0.25) is 29.0 Å². The molecule has 17 heteroatoms. The molecule has 4 atom stereocenters. The minimum atomic E-state index is -1.59. The molecule has 0 radical (unpaired) electrons. The molecule has 0 aromatic carbocycles. The molecule has 0 aromatic rings. The smallest absolute Gasteiger partial charge is 0.326 e. The molecule has 3 amide bonds. The Kier molecular flexibility index (Phi) is 17.2. The molecular formula is C22H40N8O9. The number of nitrogens with zero attached hydrogens (tertiary/aromatic N) is 1. The van der Waals surface area contributed by atoms with Gasteiger partial charge < -0.3 is 54.2 Å². The second kappa shape index (κ2) is 19.1. The molecule has 39 heavy (non-hydrogen) atoms. The Morgan fingerprint density at radius 2 is 1.15 bits per heavy atom. The van der Waals surface area contributed by atoms with Crippen LogP contribution in [-0.2, 0) is 28.8 Å². The van der Waals surface area contributed by atoms with Crippen LogP contribution in [0, 0.1) is 0 Å². The van der Waals surface area contributed by atoms with Crippen molar-refractivity contribution in [2.45, 2.75) is 82.0 Å². The highest BCUT2D eigenvalue weighted by Gasteiger charge is 2.30. The first-order valence-electron chi connectivity index (χ1n) is 12.4. The number of carboxylic acid groups (broad SMARTS) is 3. The number of carboxylic acids is 3. The third-order valence-corrected chi connectivity index (χ3v) is 5.43. The summed E-state index contributed by atoms with van der Waals surface area (Å²) in [6, 6.07) is -5.23. The first kappa shape index (κ1) is 35.0. The fourth-order valence-corrected chi connectivity index (χ4v) is 3.30. The minimum absolute atomic E-state index is 0.109. The summed E-state index contributed by atoms with van der Waals surface area (Å²) in [6.07, 6.45) is -0.258. The second-order valence-corrected chi connectivity index (χ2v) is 8.73. The number of carbonyl (C=O) groups is 6. The number of hydrogen-bond acceptors (Lipinski definition) is 9. The zero-order valence-electron chi connectivity index (χ0n) is 21.6. The largest absolute Gasteiger partial charge is 0.481 e. The molecule has 0 saturated heterocycles. The molecular weight excluding hydrogens is 520 g/mol. The molecule has 222 valence electrons. The van der Waals surface area contributed by atoms with Crippen LogP contribution in [0.4, 0.5) is 0 Å². The van der Waals surface area contributed by atoms with Crippen molar-refractivity contribution >= 4 is 41.6 Å². The van der Waals surface area contributed by atoms with Crippen molar-refractivity contribution in [3.05, 3.63) is 0 Å². The first-order chi connectivity index (χ1) is 18.3. The van der Waals surface area contributed by atoms with E-state index in [1.165, 1.54) is 0 Å². The zero-order valence-corrected chi connectivity index (χ0v) is 21.6. The topological polar surface area (TPSA) is 316 Å². The van der Waals surface area contributed by atoms with Gasteiger partial charge in [0.2, 0.25) is 17.7 Å². The van der Waals surface area contributed by atoms with Crippen LogP contribution in [0.1, 0.15) is 57.8 Å². The molecule has 0 fully saturated rings. The van der Waals surface area contributed by atoms with Crippen LogP contribution < -0.4 is 38.9 Å². The summed E-state index contributed by atoms with van der Waals surface area (Å²) >= 11 is 0. The maximum absolute atomic E-state index is 13.1. The van der Waals surface area contributed by atoms with Gasteiger partial charge in [0.1, 0.15) is 18.1 Å². The predicted molar refractivity (Wildman–Crippen MR) is 138 cm³/mol. The Hall–Kier alpha value is -3.99. The highest BCUT2D eigenvalue weighted by Crippen LogP contribution is 2.07. The van der Waals surface area contributed by atoms with Gasteiger partial charge in [0, 0.05) is 19.4 Å². The minimum Gasteiger partial charge on any atom is -0.481 e. The normalized spacial score (nSPS) is 13.7. The Morgan fingerprint density at radius 3 is 1.64 bits per heavy atom. The lowest BCUT2D eigenvalue weighted by Gasteiger charge is -2.25. The van der Waals surface area contributed by atoms with E-state index >= 15 is 0 Å². The van der Waals surface area contributed by atoms with E-state index < -0.39 is 85.5 Å². The third kappa shape index (κ3) is 16.5. The van der Waals surface area contributed by atoms with Crippen molar-refractivity contribution in [2.24, 2.45) is 27.9 Å². The van der Waals surface area contributed by atoms with Gasteiger partial charge in [-0.05, 0) is 51.5 Å². The van der Waals surface area contributed by atoms with E-state index in [4.69, 9.17) is 33.1 Å². The quantitative estimate of drug-likeness (QED) is 0.0375. The van der Waals surface area contributed by atoms with Crippen LogP contribution in [0.15, 0.2) is 4.99 Å². The first-order valence-corrected chi connectivity index (χ1v) is 12.4. The van der Waals surface area contributed by atoms with Gasteiger partial charge in [0.05, 0.1) is 6.04 Å². The van der Waals surface area contributed by atoms with E-state index in [1.807, 2.05) is 0 Å². The van der Waals surface area contributed by atoms with Crippen molar-refractivity contribution < 1.29 is 44.1 Å². The lowest BCUT2D eigenvalue weighted by molar-refractivity contribution is -0.144. The molecule has 0 aliphatic heterocycles. The number of amides is 3. The van der Waals surface area contributed by atoms with Crippen LogP contribution in [0.5, 0.6) is 0 Å². The summed E-state index contributed by atoms with van der Waals surface area (Å²) in [5, 5.41) is 34.1. The predicted octanol–water partition coefficient (Wildman–Crippen LogP) is -3.24. The second-order valence-electron chi connectivity index (χ2n) is 8.73. The average molecular weight is 561 g/mol. The SMILES string of the molecule is NCCCCC(NC(=O)C(N)CCCN=C(N)N)C(=O)NC(CCC(=O)O)C(=O)NC(CCC(=O)O)C(=O)O. The third-order valence-electron chi connectivity index (χ3n) is 5.43. The Labute approximate surface area is 225 Å². The van der Waals surface area contributed by atoms with Gasteiger partial charge in [-0.2, -0.15) is 0 Å². The maximum Gasteiger partial charge on any atom is 0.326 e. The molecule has 0 aliphatic rings. The number of nitrogens with two attached hydrogens (primary N) is 4. The number of aliphatic carboxylic acids is 3. The molecule has 0 rings (SSSR count). The Bertz CT molecular complexity index is 880. The number of unbranched alkanes of at least 4 members (excludes halogenated alkanes) is 1. The van der Waals surface area contributed by atoms with Crippen molar-refractivity contribution in [1.29, 1.82) is 0 Å². The number of aliphatic imine (C=N–C) groups is 1. The number of rotatable bonds is 21. The number of hydrogen-bond donors (Lipinski definition) is 10. The Balaban J connectivity index is 5.54. The molecule has 17 nitrogen and oxygen atoms in total. The summed E-state index contributed by atoms with van der Waals surface area (Å²) in [7, 11) is 0. The van der Waals surface area contributed by atoms with Crippen molar-refractivity contribution in [3.63, 3.8) is 0 Å². The molecule has 0 aromatic heterocycles. The van der Waals surface area contributed by atoms with Crippen molar-refractivity contribution in [3.8, 4) is 0 Å². The lowest BCUT2D eigenvalue weighted by Crippen LogP contribution is -2.57. The van der Waals surface area contributed by atoms with E-state index in [1.54, 1.807) is 0 Å². The van der Waals surface area contributed by atoms with Crippen LogP contribution in [-0.4, -0.2) is 94.2 Å². The van der Waals surface area contributed by atoms with E-state index in [0.29, 0.717) is 25.8 Å². The van der Waals surface area contributed by atoms with Crippen molar-refractivity contribution in [2.75, 3.05) is 13.1 Å². The number of guanidine groups is 1. The van der Waals surface area contributed by atoms with Crippen LogP contribution in [0.25, 0.3) is 0 Å². The van der Waals surface area contributed by atoms with Gasteiger partial charge in [0.25, 0.3) is 0 Å². The lowest BCUT2D eigenvalue weighted by atomic mass is 10.0. The Morgan fingerprint density at radius 1 is 0.667 bits per heavy atom. The fraction of sp³-hybridized carbons (Fsp3) is 0.682. The molecule has 0 aliphatic carbocycles. The highest BCUT2D eigenvalue weighted by molar-refractivity contribution is 5.94. The average Bonchev–Trinajstić information content (AvgIpc) is 2.85. The fourth-order valence-electron chi connectivity index (χ4n) is 3.30. The van der Waals surface area contributed by atoms with E-state index in [0.717, 1.165) is 0 Å². The van der Waals surface area contributed by atoms with Crippen molar-refractivity contribution in [1.82, 2.24) is 16.0 Å². The monoisotopic (exact) mass is 560 g/mol. The highest BCUT2D eigenvalue weighted by atomic mass is 16.4. The van der Waals surface area contributed by atoms with Crippen LogP contribution >= 0.6 is 0 Å². The summed E-state index contributed by atoms with van der Waals surface area (Å²) in [6.45, 7) is 0.567. The van der Waals surface area contributed by atoms with Gasteiger partial charge in [0.15, 0.2) is 5.96 Å². The van der Waals surface area contributed by atoms with Gasteiger partial charge in [-0.25, -0.2) is 4.79 Å². The van der Waals surface area contributed by atoms with Crippen LogP contribution in [0.2, 0.25) is 0 Å². The summed E-state index contributed by atoms with van der Waals surface area (Å²) in [4.78, 5) is 75.6. The van der Waals surface area contributed by atoms with Crippen LogP contribution in [0.3, 0.4) is 0 Å². The number of carbonyl (C=O) groups excluding carboxylic acids is 3. The number of nitrogens with one attached hydrogen (secondary N) is 3. The molecule has 0 bridgehead atoms. The molecule has 14 N–H and O–H groups in total. The van der Waals surface area contributed by atoms with Gasteiger partial charge >= 0.3 is 17.9 Å². The zero-order chi connectivity index (χ0) is 30.0. The van der Waals surface area contributed by atoms with E-state index in [9.17, 15) is 33.9 Å². The van der Waals surface area contributed by atoms with E-state index in [-0.39, 0.29) is 25.3 Å². The standard InChI is InChI=1S/C22H40N8O9/c23-10-2-1-5-13(28-18(35)12(24)4-3-11-27-22(25)26)19(36)29-14(6-8-16(31)32)20(37)30-15(21(38)39)7-9-17(33)34/h12-15H,1-11,23-24H2,(H,28,35)(H,29,36)(H,30,37)(H,31,32)(H,33,34)(H,38,39)(H4,25,26,27). The molecule has 0 spiro atoms. The maximum atomic E-state index is 13.1. The molecule has 4 unspecified atom stereocenters. The molecule has 0 heterocycles. The summed E-state index contributed by atoms with van der Waals surface area (Å²) in [5.74, 6) is -6.67. The summed E-state index contributed by atoms with van der Waals surface area (Å²) in [5.41, 5.74) is 21.9. The van der Waals surface area contributed by atoms with Gasteiger partial charge in [-0.15, -0.1) is 0 Å². The van der Waals surface area contributed by atoms with E-state index in [2.05, 4.69) is 20.9 Å². The van der Waals surface area contributed by atoms with Gasteiger partial charge in [-0.1, -0.05) is 0 Å². The molecule has 0 saturated carbocycles. The summed E-state index contributed by atoms with van der Waals surface area (Å²) < 4.78 is 0.